The minimum atomic E-state index is -4.08. The molecule has 0 aliphatic carbocycles. The molecule has 0 aliphatic heterocycles. The second-order valence-corrected chi connectivity index (χ2v) is 9.54. The number of hydrogen-bond donors (Lipinski definition) is 2. The van der Waals surface area contributed by atoms with Gasteiger partial charge in [0.05, 0.1) is 21.3 Å². The van der Waals surface area contributed by atoms with E-state index < -0.39 is 22.5 Å². The lowest BCUT2D eigenvalue weighted by molar-refractivity contribution is -0.119. The van der Waals surface area contributed by atoms with E-state index in [1.165, 1.54) is 25.1 Å². The molecule has 0 spiro atoms. The summed E-state index contributed by atoms with van der Waals surface area (Å²) in [7, 11) is -4.08. The van der Waals surface area contributed by atoms with Gasteiger partial charge in [0.25, 0.3) is 15.9 Å². The van der Waals surface area contributed by atoms with Gasteiger partial charge in [-0.05, 0) is 48.9 Å². The summed E-state index contributed by atoms with van der Waals surface area (Å²) in [5.74, 6) is -0.865. The Hall–Kier alpha value is -3.69. The van der Waals surface area contributed by atoms with Gasteiger partial charge in [0.1, 0.15) is 6.54 Å². The van der Waals surface area contributed by atoms with Crippen molar-refractivity contribution in [1.82, 2.24) is 5.43 Å². The molecule has 10 heteroatoms. The van der Waals surface area contributed by atoms with Crippen molar-refractivity contribution in [2.45, 2.75) is 18.7 Å². The fraction of sp³-hybridized carbons (Fsp3) is 0.125. The van der Waals surface area contributed by atoms with Crippen LogP contribution in [0.3, 0.4) is 0 Å². The molecule has 0 aromatic heterocycles. The maximum absolute atomic E-state index is 13.3. The summed E-state index contributed by atoms with van der Waals surface area (Å²) < 4.78 is 27.6. The molecule has 34 heavy (non-hydrogen) atoms. The molecule has 0 bridgehead atoms. The van der Waals surface area contributed by atoms with Crippen LogP contribution in [-0.2, 0) is 19.6 Å². The molecule has 0 unspecified atom stereocenters. The zero-order valence-electron chi connectivity index (χ0n) is 18.5. The number of carbonyl (C=O) groups is 2. The topological polar surface area (TPSA) is 108 Å². The molecule has 2 N–H and O–H groups in total. The fourth-order valence-electron chi connectivity index (χ4n) is 3.08. The van der Waals surface area contributed by atoms with Crippen molar-refractivity contribution in [3.63, 3.8) is 0 Å². The molecule has 3 aromatic rings. The number of nitrogens with zero attached hydrogens (tertiary/aromatic N) is 2. The minimum absolute atomic E-state index is 0.0252. The van der Waals surface area contributed by atoms with Crippen LogP contribution in [0.5, 0.6) is 0 Å². The van der Waals surface area contributed by atoms with Gasteiger partial charge in [-0.25, -0.2) is 13.8 Å². The largest absolute Gasteiger partial charge is 0.326 e. The monoisotopic (exact) mass is 498 g/mol. The summed E-state index contributed by atoms with van der Waals surface area (Å²) >= 11 is 6.26. The molecule has 0 heterocycles. The number of benzene rings is 3. The van der Waals surface area contributed by atoms with E-state index in [0.717, 1.165) is 4.31 Å². The summed E-state index contributed by atoms with van der Waals surface area (Å²) in [6, 6.07) is 21.1. The van der Waals surface area contributed by atoms with Gasteiger partial charge in [-0.15, -0.1) is 0 Å². The fourth-order valence-corrected chi connectivity index (χ4v) is 4.82. The lowest BCUT2D eigenvalue weighted by Gasteiger charge is -2.24. The van der Waals surface area contributed by atoms with E-state index in [2.05, 4.69) is 15.8 Å². The number of halogens is 1. The molecule has 2 amide bonds. The summed E-state index contributed by atoms with van der Waals surface area (Å²) in [4.78, 5) is 24.0. The number of sulfonamides is 1. The number of hydrogen-bond acceptors (Lipinski definition) is 5. The van der Waals surface area contributed by atoms with Crippen LogP contribution in [0, 0.1) is 0 Å². The minimum Gasteiger partial charge on any atom is -0.326 e. The van der Waals surface area contributed by atoms with Crippen molar-refractivity contribution >= 4 is 50.5 Å². The SMILES string of the molecule is CC(=O)Nc1cccc(/C(C)=N\NC(=O)CN(c2ccccc2Cl)S(=O)(=O)c2ccccc2)c1. The van der Waals surface area contributed by atoms with Crippen LogP contribution in [0.4, 0.5) is 11.4 Å². The Labute approximate surface area is 203 Å². The third-order valence-corrected chi connectivity index (χ3v) is 6.78. The van der Waals surface area contributed by atoms with Gasteiger partial charge >= 0.3 is 0 Å². The maximum Gasteiger partial charge on any atom is 0.264 e. The van der Waals surface area contributed by atoms with Crippen molar-refractivity contribution in [2.75, 3.05) is 16.2 Å². The Morgan fingerprint density at radius 3 is 2.29 bits per heavy atom. The first-order valence-corrected chi connectivity index (χ1v) is 12.0. The van der Waals surface area contributed by atoms with E-state index in [9.17, 15) is 18.0 Å². The molecule has 3 aromatic carbocycles. The lowest BCUT2D eigenvalue weighted by atomic mass is 10.1. The van der Waals surface area contributed by atoms with Crippen LogP contribution in [-0.4, -0.2) is 32.5 Å². The Bertz CT molecular complexity index is 1330. The molecular formula is C24H23ClN4O4S. The van der Waals surface area contributed by atoms with E-state index >= 15 is 0 Å². The molecule has 0 radical (unpaired) electrons. The summed E-state index contributed by atoms with van der Waals surface area (Å²) in [6.45, 7) is 2.55. The van der Waals surface area contributed by atoms with Crippen LogP contribution < -0.4 is 15.0 Å². The third-order valence-electron chi connectivity index (χ3n) is 4.69. The smallest absolute Gasteiger partial charge is 0.264 e. The highest BCUT2D eigenvalue weighted by molar-refractivity contribution is 7.92. The average molecular weight is 499 g/mol. The molecule has 0 aliphatic rings. The van der Waals surface area contributed by atoms with Crippen molar-refractivity contribution in [3.8, 4) is 0 Å². The van der Waals surface area contributed by atoms with Crippen molar-refractivity contribution in [1.29, 1.82) is 0 Å². The first kappa shape index (κ1) is 24.9. The zero-order valence-corrected chi connectivity index (χ0v) is 20.1. The molecule has 176 valence electrons. The van der Waals surface area contributed by atoms with Gasteiger partial charge in [-0.2, -0.15) is 5.10 Å². The molecular weight excluding hydrogens is 476 g/mol. The second kappa shape index (κ2) is 11.0. The van der Waals surface area contributed by atoms with Crippen LogP contribution in [0.1, 0.15) is 19.4 Å². The van der Waals surface area contributed by atoms with Gasteiger partial charge in [-0.3, -0.25) is 13.9 Å². The van der Waals surface area contributed by atoms with E-state index in [1.54, 1.807) is 67.6 Å². The number of nitrogens with one attached hydrogen (secondary N) is 2. The predicted molar refractivity (Wildman–Crippen MR) is 134 cm³/mol. The summed E-state index contributed by atoms with van der Waals surface area (Å²) in [6.07, 6.45) is 0. The predicted octanol–water partition coefficient (Wildman–Crippen LogP) is 4.03. The van der Waals surface area contributed by atoms with E-state index in [0.29, 0.717) is 17.0 Å². The maximum atomic E-state index is 13.3. The first-order valence-electron chi connectivity index (χ1n) is 10.2. The van der Waals surface area contributed by atoms with Gasteiger partial charge in [0, 0.05) is 12.6 Å². The summed E-state index contributed by atoms with van der Waals surface area (Å²) in [5, 5.41) is 6.95. The number of amides is 2. The van der Waals surface area contributed by atoms with Crippen LogP contribution in [0.25, 0.3) is 0 Å². The van der Waals surface area contributed by atoms with Crippen LogP contribution >= 0.6 is 11.6 Å². The average Bonchev–Trinajstić information content (AvgIpc) is 2.82. The van der Waals surface area contributed by atoms with E-state index in [1.807, 2.05) is 0 Å². The molecule has 0 saturated heterocycles. The van der Waals surface area contributed by atoms with Gasteiger partial charge < -0.3 is 5.32 Å². The van der Waals surface area contributed by atoms with Gasteiger partial charge in [0.2, 0.25) is 5.91 Å². The number of anilines is 2. The molecule has 3 rings (SSSR count). The normalized spacial score (nSPS) is 11.6. The molecule has 8 nitrogen and oxygen atoms in total. The van der Waals surface area contributed by atoms with E-state index in [-0.39, 0.29) is 21.5 Å². The Kier molecular flexibility index (Phi) is 8.04. The highest BCUT2D eigenvalue weighted by atomic mass is 35.5. The number of carbonyl (C=O) groups excluding carboxylic acids is 2. The van der Waals surface area contributed by atoms with Gasteiger partial charge in [0.15, 0.2) is 0 Å². The number of para-hydroxylation sites is 1. The van der Waals surface area contributed by atoms with Crippen molar-refractivity contribution in [2.24, 2.45) is 5.10 Å². The Morgan fingerprint density at radius 2 is 1.62 bits per heavy atom. The molecule has 0 fully saturated rings. The summed E-state index contributed by atoms with van der Waals surface area (Å²) in [5.41, 5.74) is 4.30. The third kappa shape index (κ3) is 6.21. The van der Waals surface area contributed by atoms with Crippen LogP contribution in [0.2, 0.25) is 5.02 Å². The van der Waals surface area contributed by atoms with Gasteiger partial charge in [-0.1, -0.05) is 54.1 Å². The quantitative estimate of drug-likeness (QED) is 0.361. The highest BCUT2D eigenvalue weighted by Crippen LogP contribution is 2.30. The standard InChI is InChI=1S/C24H23ClN4O4S/c1-17(19-9-8-10-20(15-19)26-18(2)30)27-28-24(31)16-29(23-14-7-6-13-22(23)25)34(32,33)21-11-4-3-5-12-21/h3-15H,16H2,1-2H3,(H,26,30)(H,28,31)/b27-17-. The molecule has 0 atom stereocenters. The van der Waals surface area contributed by atoms with Crippen molar-refractivity contribution in [3.05, 3.63) is 89.4 Å². The zero-order chi connectivity index (χ0) is 24.7. The second-order valence-electron chi connectivity index (χ2n) is 7.27. The van der Waals surface area contributed by atoms with Crippen molar-refractivity contribution < 1.29 is 18.0 Å². The first-order chi connectivity index (χ1) is 16.2. The van der Waals surface area contributed by atoms with Crippen LogP contribution in [0.15, 0.2) is 88.9 Å². The number of hydrazone groups is 1. The lowest BCUT2D eigenvalue weighted by Crippen LogP contribution is -2.40. The highest BCUT2D eigenvalue weighted by Gasteiger charge is 2.28. The number of rotatable bonds is 8. The Morgan fingerprint density at radius 1 is 0.941 bits per heavy atom. The van der Waals surface area contributed by atoms with E-state index in [4.69, 9.17) is 11.6 Å². The molecule has 0 saturated carbocycles. The Balaban J connectivity index is 1.84.